The van der Waals surface area contributed by atoms with Crippen LogP contribution < -0.4 is 10.6 Å². The lowest BCUT2D eigenvalue weighted by Gasteiger charge is -2.55. The molecule has 4 bridgehead atoms. The van der Waals surface area contributed by atoms with E-state index in [2.05, 4.69) is 10.6 Å². The molecule has 28 heavy (non-hydrogen) atoms. The van der Waals surface area contributed by atoms with E-state index in [0.29, 0.717) is 18.7 Å². The molecule has 5 nitrogen and oxygen atoms in total. The molecule has 0 spiro atoms. The van der Waals surface area contributed by atoms with Crippen LogP contribution in [0.25, 0.3) is 0 Å². The lowest BCUT2D eigenvalue weighted by Crippen LogP contribution is -2.53. The van der Waals surface area contributed by atoms with Gasteiger partial charge in [0.05, 0.1) is 0 Å². The number of amides is 2. The Balaban J connectivity index is 1.33. The van der Waals surface area contributed by atoms with E-state index in [9.17, 15) is 9.59 Å². The fourth-order valence-corrected chi connectivity index (χ4v) is 6.13. The highest BCUT2D eigenvalue weighted by atomic mass is 16.2. The van der Waals surface area contributed by atoms with Gasteiger partial charge in [-0.3, -0.25) is 9.59 Å². The van der Waals surface area contributed by atoms with Gasteiger partial charge in [-0.2, -0.15) is 0 Å². The zero-order chi connectivity index (χ0) is 19.7. The standard InChI is InChI=1S/C23H33N3O2/c1-24-7-8-26(2)21(27)20-5-3-16(4-6-20)15-25-22(28)23-12-17-9-18(13-23)11-19(10-17)14-23/h3-6,17-19,24H,7-15H2,1-2H3,(H,25,28). The summed E-state index contributed by atoms with van der Waals surface area (Å²) in [5.74, 6) is 2.63. The number of benzene rings is 1. The average molecular weight is 384 g/mol. The Kier molecular flexibility index (Phi) is 5.46. The molecule has 4 fully saturated rings. The van der Waals surface area contributed by atoms with Crippen LogP contribution in [0.4, 0.5) is 0 Å². The summed E-state index contributed by atoms with van der Waals surface area (Å²) in [6.45, 7) is 2.00. The van der Waals surface area contributed by atoms with E-state index in [1.54, 1.807) is 4.90 Å². The van der Waals surface area contributed by atoms with Crippen molar-refractivity contribution in [2.45, 2.75) is 45.1 Å². The van der Waals surface area contributed by atoms with Crippen LogP contribution in [0, 0.1) is 23.2 Å². The Bertz CT molecular complexity index is 693. The van der Waals surface area contributed by atoms with Crippen LogP contribution in [0.2, 0.25) is 0 Å². The summed E-state index contributed by atoms with van der Waals surface area (Å²) in [6, 6.07) is 7.65. The maximum atomic E-state index is 13.1. The summed E-state index contributed by atoms with van der Waals surface area (Å²) in [5.41, 5.74) is 1.64. The highest BCUT2D eigenvalue weighted by Crippen LogP contribution is 2.60. The molecular weight excluding hydrogens is 350 g/mol. The molecule has 2 amide bonds. The number of likely N-dealkylation sites (N-methyl/N-ethyl adjacent to an activating group) is 2. The first-order chi connectivity index (χ1) is 13.5. The van der Waals surface area contributed by atoms with E-state index in [0.717, 1.165) is 49.1 Å². The fraction of sp³-hybridized carbons (Fsp3) is 0.652. The first-order valence-electron chi connectivity index (χ1n) is 10.8. The maximum absolute atomic E-state index is 13.1. The number of nitrogens with one attached hydrogen (secondary N) is 2. The van der Waals surface area contributed by atoms with Crippen molar-refractivity contribution in [2.24, 2.45) is 23.2 Å². The largest absolute Gasteiger partial charge is 0.352 e. The molecule has 0 unspecified atom stereocenters. The molecule has 1 aromatic carbocycles. The van der Waals surface area contributed by atoms with Crippen LogP contribution >= 0.6 is 0 Å². The Hall–Kier alpha value is -1.88. The minimum Gasteiger partial charge on any atom is -0.352 e. The van der Waals surface area contributed by atoms with Gasteiger partial charge in [-0.15, -0.1) is 0 Å². The first kappa shape index (κ1) is 19.4. The summed E-state index contributed by atoms with van der Waals surface area (Å²) in [5, 5.41) is 6.27. The Morgan fingerprint density at radius 3 is 2.14 bits per heavy atom. The number of carbonyl (C=O) groups is 2. The van der Waals surface area contributed by atoms with Crippen molar-refractivity contribution in [2.75, 3.05) is 27.2 Å². The highest BCUT2D eigenvalue weighted by molar-refractivity contribution is 5.94. The van der Waals surface area contributed by atoms with Crippen LogP contribution in [0.3, 0.4) is 0 Å². The molecule has 0 radical (unpaired) electrons. The van der Waals surface area contributed by atoms with Crippen LogP contribution in [0.15, 0.2) is 24.3 Å². The van der Waals surface area contributed by atoms with Crippen LogP contribution in [0.1, 0.15) is 54.4 Å². The Morgan fingerprint density at radius 1 is 1.04 bits per heavy atom. The quantitative estimate of drug-likeness (QED) is 0.761. The molecule has 5 heteroatoms. The van der Waals surface area contributed by atoms with E-state index < -0.39 is 0 Å². The number of nitrogens with zero attached hydrogens (tertiary/aromatic N) is 1. The second kappa shape index (κ2) is 7.86. The smallest absolute Gasteiger partial charge is 0.253 e. The van der Waals surface area contributed by atoms with Crippen molar-refractivity contribution < 1.29 is 9.59 Å². The maximum Gasteiger partial charge on any atom is 0.253 e. The van der Waals surface area contributed by atoms with Crippen molar-refractivity contribution in [1.29, 1.82) is 0 Å². The van der Waals surface area contributed by atoms with Gasteiger partial charge in [-0.25, -0.2) is 0 Å². The molecule has 4 saturated carbocycles. The predicted octanol–water partition coefficient (Wildman–Crippen LogP) is 2.81. The lowest BCUT2D eigenvalue weighted by molar-refractivity contribution is -0.146. The molecule has 4 aliphatic rings. The second-order valence-corrected chi connectivity index (χ2v) is 9.41. The second-order valence-electron chi connectivity index (χ2n) is 9.41. The van der Waals surface area contributed by atoms with E-state index in [4.69, 9.17) is 0 Å². The zero-order valence-electron chi connectivity index (χ0n) is 17.2. The van der Waals surface area contributed by atoms with Gasteiger partial charge in [0.25, 0.3) is 5.91 Å². The summed E-state index contributed by atoms with van der Waals surface area (Å²) in [7, 11) is 3.70. The van der Waals surface area contributed by atoms with Gasteiger partial charge >= 0.3 is 0 Å². The van der Waals surface area contributed by atoms with Crippen molar-refractivity contribution in [1.82, 2.24) is 15.5 Å². The molecule has 5 rings (SSSR count). The Morgan fingerprint density at radius 2 is 1.61 bits per heavy atom. The van der Waals surface area contributed by atoms with Crippen molar-refractivity contribution in [3.8, 4) is 0 Å². The van der Waals surface area contributed by atoms with Gasteiger partial charge in [-0.1, -0.05) is 12.1 Å². The first-order valence-corrected chi connectivity index (χ1v) is 10.8. The fourth-order valence-electron chi connectivity index (χ4n) is 6.13. The molecular formula is C23H33N3O2. The number of carbonyl (C=O) groups excluding carboxylic acids is 2. The van der Waals surface area contributed by atoms with Crippen LogP contribution in [0.5, 0.6) is 0 Å². The summed E-state index contributed by atoms with van der Waals surface area (Å²) in [4.78, 5) is 27.2. The van der Waals surface area contributed by atoms with Gasteiger partial charge in [0.1, 0.15) is 0 Å². The summed E-state index contributed by atoms with van der Waals surface area (Å²) in [6.07, 6.45) is 7.34. The van der Waals surface area contributed by atoms with E-state index in [-0.39, 0.29) is 17.2 Å². The molecule has 0 aromatic heterocycles. The third-order valence-corrected chi connectivity index (χ3v) is 7.22. The molecule has 0 atom stereocenters. The van der Waals surface area contributed by atoms with Gasteiger partial charge in [0.2, 0.25) is 5.91 Å². The van der Waals surface area contributed by atoms with Gasteiger partial charge in [0, 0.05) is 37.7 Å². The third-order valence-electron chi connectivity index (χ3n) is 7.22. The molecule has 2 N–H and O–H groups in total. The van der Waals surface area contributed by atoms with Gasteiger partial charge in [-0.05, 0) is 81.0 Å². The van der Waals surface area contributed by atoms with E-state index >= 15 is 0 Å². The van der Waals surface area contributed by atoms with Crippen molar-refractivity contribution >= 4 is 11.8 Å². The SMILES string of the molecule is CNCCN(C)C(=O)c1ccc(CNC(=O)C23CC4CC(CC(C4)C2)C3)cc1. The van der Waals surface area contributed by atoms with E-state index in [1.807, 2.05) is 38.4 Å². The summed E-state index contributed by atoms with van der Waals surface area (Å²) < 4.78 is 0. The van der Waals surface area contributed by atoms with Gasteiger partial charge in [0.15, 0.2) is 0 Å². The normalized spacial score (nSPS) is 30.3. The zero-order valence-corrected chi connectivity index (χ0v) is 17.2. The molecule has 0 heterocycles. The minimum atomic E-state index is -0.0965. The molecule has 152 valence electrons. The number of rotatable bonds is 7. The van der Waals surface area contributed by atoms with Gasteiger partial charge < -0.3 is 15.5 Å². The van der Waals surface area contributed by atoms with Crippen molar-refractivity contribution in [3.63, 3.8) is 0 Å². The molecule has 0 saturated heterocycles. The van der Waals surface area contributed by atoms with E-state index in [1.165, 1.54) is 19.3 Å². The average Bonchev–Trinajstić information content (AvgIpc) is 2.69. The summed E-state index contributed by atoms with van der Waals surface area (Å²) >= 11 is 0. The third kappa shape index (κ3) is 3.82. The lowest BCUT2D eigenvalue weighted by atomic mass is 9.49. The number of hydrogen-bond acceptors (Lipinski definition) is 3. The molecule has 1 aromatic rings. The monoisotopic (exact) mass is 383 g/mol. The topological polar surface area (TPSA) is 61.4 Å². The predicted molar refractivity (Wildman–Crippen MR) is 110 cm³/mol. The molecule has 0 aliphatic heterocycles. The highest BCUT2D eigenvalue weighted by Gasteiger charge is 2.54. The Labute approximate surface area is 168 Å². The number of hydrogen-bond donors (Lipinski definition) is 2. The van der Waals surface area contributed by atoms with Crippen LogP contribution in [-0.2, 0) is 11.3 Å². The molecule has 4 aliphatic carbocycles. The van der Waals surface area contributed by atoms with Crippen molar-refractivity contribution in [3.05, 3.63) is 35.4 Å². The minimum absolute atomic E-state index is 0.0272. The van der Waals surface area contributed by atoms with Crippen LogP contribution in [-0.4, -0.2) is 43.9 Å².